The summed E-state index contributed by atoms with van der Waals surface area (Å²) in [7, 11) is 5.31. The maximum atomic E-state index is 12.7. The summed E-state index contributed by atoms with van der Waals surface area (Å²) >= 11 is 0. The number of anilines is 1. The van der Waals surface area contributed by atoms with Gasteiger partial charge in [0.05, 0.1) is 24.1 Å². The highest BCUT2D eigenvalue weighted by Crippen LogP contribution is 2.29. The van der Waals surface area contributed by atoms with Crippen molar-refractivity contribution in [3.8, 4) is 0 Å². The van der Waals surface area contributed by atoms with Crippen molar-refractivity contribution in [1.29, 1.82) is 0 Å². The minimum atomic E-state index is -0.226. The number of amides is 2. The molecule has 1 saturated heterocycles. The zero-order valence-corrected chi connectivity index (χ0v) is 18.7. The number of hydrogen-bond donors (Lipinski definition) is 1. The van der Waals surface area contributed by atoms with E-state index in [0.29, 0.717) is 56.4 Å². The number of methoxy groups -OCH3 is 1. The summed E-state index contributed by atoms with van der Waals surface area (Å²) < 4.78 is 6.79. The molecule has 0 bridgehead atoms. The molecule has 1 N–H and O–H groups in total. The van der Waals surface area contributed by atoms with Crippen LogP contribution in [0.3, 0.4) is 0 Å². The van der Waals surface area contributed by atoms with Crippen LogP contribution in [0.2, 0.25) is 0 Å². The largest absolute Gasteiger partial charge is 0.383 e. The van der Waals surface area contributed by atoms with Crippen molar-refractivity contribution in [2.45, 2.75) is 32.2 Å². The molecule has 168 valence electrons. The number of likely N-dealkylation sites (tertiary alicyclic amines) is 1. The Balaban J connectivity index is 1.69. The van der Waals surface area contributed by atoms with E-state index in [2.05, 4.69) is 20.4 Å². The number of aromatic nitrogens is 4. The topological polar surface area (TPSA) is 105 Å². The molecule has 0 spiro atoms. The maximum Gasteiger partial charge on any atom is 0.254 e. The van der Waals surface area contributed by atoms with Crippen LogP contribution in [0.5, 0.6) is 0 Å². The molecule has 31 heavy (non-hydrogen) atoms. The number of nitrogens with zero attached hydrogens (tertiary/aromatic N) is 6. The smallest absolute Gasteiger partial charge is 0.254 e. The Morgan fingerprint density at radius 2 is 2.13 bits per heavy atom. The van der Waals surface area contributed by atoms with Crippen molar-refractivity contribution in [2.75, 3.05) is 52.3 Å². The summed E-state index contributed by atoms with van der Waals surface area (Å²) in [5.74, 6) is 0.392. The van der Waals surface area contributed by atoms with Crippen molar-refractivity contribution >= 4 is 17.8 Å². The van der Waals surface area contributed by atoms with Gasteiger partial charge in [0, 0.05) is 72.1 Å². The third kappa shape index (κ3) is 5.78. The molecule has 1 aliphatic rings. The van der Waals surface area contributed by atoms with Crippen LogP contribution in [-0.2, 0) is 16.1 Å². The highest BCUT2D eigenvalue weighted by Gasteiger charge is 2.31. The number of hydrogen-bond acceptors (Lipinski definition) is 7. The van der Waals surface area contributed by atoms with Crippen LogP contribution in [-0.4, -0.2) is 83.9 Å². The van der Waals surface area contributed by atoms with Gasteiger partial charge in [-0.2, -0.15) is 5.10 Å². The number of rotatable bonds is 9. The molecule has 2 amide bonds. The average Bonchev–Trinajstić information content (AvgIpc) is 3.41. The number of nitrogens with one attached hydrogen (secondary N) is 1. The van der Waals surface area contributed by atoms with Crippen molar-refractivity contribution in [2.24, 2.45) is 0 Å². The minimum absolute atomic E-state index is 0.0132. The van der Waals surface area contributed by atoms with E-state index in [9.17, 15) is 9.59 Å². The molecule has 0 saturated carbocycles. The molecule has 1 aliphatic heterocycles. The molecule has 0 aliphatic carbocycles. The molecule has 10 nitrogen and oxygen atoms in total. The van der Waals surface area contributed by atoms with Gasteiger partial charge in [0.15, 0.2) is 0 Å². The normalized spacial score (nSPS) is 15.9. The molecular formula is C21H31N7O3. The predicted octanol–water partition coefficient (Wildman–Crippen LogP) is 0.830. The molecule has 1 fully saturated rings. The van der Waals surface area contributed by atoms with Crippen LogP contribution in [0.15, 0.2) is 18.6 Å². The lowest BCUT2D eigenvalue weighted by Gasteiger charge is -2.19. The summed E-state index contributed by atoms with van der Waals surface area (Å²) in [6.45, 7) is 4.56. The molecule has 1 unspecified atom stereocenters. The standard InChI is InChI=1S/C21H31N7O3/c1-15-11-24-28(13-15)9-6-18(29)27-8-5-16(14-27)19-17(20(30)22-7-10-31-4)12-23-21(25-19)26(2)3/h11-13,16H,5-10,14H2,1-4H3,(H,22,30). The first-order valence-corrected chi connectivity index (χ1v) is 10.5. The molecule has 0 radical (unpaired) electrons. The van der Waals surface area contributed by atoms with Gasteiger partial charge in [-0.3, -0.25) is 14.3 Å². The molecule has 3 heterocycles. The second kappa shape index (κ2) is 10.3. The van der Waals surface area contributed by atoms with Gasteiger partial charge in [0.2, 0.25) is 11.9 Å². The quantitative estimate of drug-likeness (QED) is 0.589. The number of carbonyl (C=O) groups excluding carboxylic acids is 2. The lowest BCUT2D eigenvalue weighted by molar-refractivity contribution is -0.130. The average molecular weight is 430 g/mol. The summed E-state index contributed by atoms with van der Waals surface area (Å²) in [5, 5.41) is 7.07. The van der Waals surface area contributed by atoms with E-state index in [4.69, 9.17) is 4.74 Å². The highest BCUT2D eigenvalue weighted by molar-refractivity contribution is 5.95. The highest BCUT2D eigenvalue weighted by atomic mass is 16.5. The van der Waals surface area contributed by atoms with Gasteiger partial charge >= 0.3 is 0 Å². The Hall–Kier alpha value is -3.01. The molecule has 2 aromatic rings. The minimum Gasteiger partial charge on any atom is -0.383 e. The summed E-state index contributed by atoms with van der Waals surface area (Å²) in [4.78, 5) is 38.1. The van der Waals surface area contributed by atoms with Gasteiger partial charge in [0.25, 0.3) is 5.91 Å². The third-order valence-corrected chi connectivity index (χ3v) is 5.29. The second-order valence-corrected chi connectivity index (χ2v) is 7.97. The van der Waals surface area contributed by atoms with Crippen LogP contribution in [0.1, 0.15) is 40.4 Å². The van der Waals surface area contributed by atoms with Crippen LogP contribution in [0, 0.1) is 6.92 Å². The fourth-order valence-corrected chi connectivity index (χ4v) is 3.62. The lowest BCUT2D eigenvalue weighted by atomic mass is 9.99. The van der Waals surface area contributed by atoms with Crippen LogP contribution in [0.25, 0.3) is 0 Å². The van der Waals surface area contributed by atoms with E-state index in [1.807, 2.05) is 32.1 Å². The van der Waals surface area contributed by atoms with E-state index in [0.717, 1.165) is 12.0 Å². The molecular weight excluding hydrogens is 398 g/mol. The fraction of sp³-hybridized carbons (Fsp3) is 0.571. The van der Waals surface area contributed by atoms with Crippen LogP contribution < -0.4 is 10.2 Å². The Morgan fingerprint density at radius 3 is 2.81 bits per heavy atom. The van der Waals surface area contributed by atoms with Crippen molar-refractivity contribution < 1.29 is 14.3 Å². The van der Waals surface area contributed by atoms with E-state index < -0.39 is 0 Å². The Labute approximate surface area is 182 Å². The van der Waals surface area contributed by atoms with E-state index in [1.54, 1.807) is 29.1 Å². The molecule has 0 aromatic carbocycles. The lowest BCUT2D eigenvalue weighted by Crippen LogP contribution is -2.31. The summed E-state index contributed by atoms with van der Waals surface area (Å²) in [6.07, 6.45) is 6.44. The van der Waals surface area contributed by atoms with E-state index in [1.165, 1.54) is 0 Å². The fourth-order valence-electron chi connectivity index (χ4n) is 3.62. The monoisotopic (exact) mass is 429 g/mol. The summed E-state index contributed by atoms with van der Waals surface area (Å²) in [6, 6.07) is 0. The first-order valence-electron chi connectivity index (χ1n) is 10.5. The Kier molecular flexibility index (Phi) is 7.56. The van der Waals surface area contributed by atoms with Gasteiger partial charge in [-0.05, 0) is 18.9 Å². The van der Waals surface area contributed by atoms with Crippen molar-refractivity contribution in [3.05, 3.63) is 35.4 Å². The van der Waals surface area contributed by atoms with Crippen molar-refractivity contribution in [3.63, 3.8) is 0 Å². The molecule has 3 rings (SSSR count). The Morgan fingerprint density at radius 1 is 1.32 bits per heavy atom. The molecule has 1 atom stereocenters. The van der Waals surface area contributed by atoms with E-state index in [-0.39, 0.29) is 17.7 Å². The number of ether oxygens (including phenoxy) is 1. The predicted molar refractivity (Wildman–Crippen MR) is 116 cm³/mol. The Bertz CT molecular complexity index is 912. The zero-order valence-electron chi connectivity index (χ0n) is 18.7. The van der Waals surface area contributed by atoms with Crippen molar-refractivity contribution in [1.82, 2.24) is 30.0 Å². The first kappa shape index (κ1) is 22.7. The summed E-state index contributed by atoms with van der Waals surface area (Å²) in [5.41, 5.74) is 2.21. The van der Waals surface area contributed by atoms with Gasteiger partial charge in [-0.1, -0.05) is 0 Å². The van der Waals surface area contributed by atoms with Crippen LogP contribution in [0.4, 0.5) is 5.95 Å². The van der Waals surface area contributed by atoms with Gasteiger partial charge < -0.3 is 19.9 Å². The second-order valence-electron chi connectivity index (χ2n) is 7.97. The van der Waals surface area contributed by atoms with Crippen LogP contribution >= 0.6 is 0 Å². The van der Waals surface area contributed by atoms with Gasteiger partial charge in [-0.25, -0.2) is 9.97 Å². The zero-order chi connectivity index (χ0) is 22.4. The van der Waals surface area contributed by atoms with Gasteiger partial charge in [0.1, 0.15) is 0 Å². The van der Waals surface area contributed by atoms with Gasteiger partial charge in [-0.15, -0.1) is 0 Å². The number of aryl methyl sites for hydroxylation is 2. The van der Waals surface area contributed by atoms with E-state index >= 15 is 0 Å². The molecule has 2 aromatic heterocycles. The number of carbonyl (C=O) groups is 2. The SMILES string of the molecule is COCCNC(=O)c1cnc(N(C)C)nc1C1CCN(C(=O)CCn2cc(C)cn2)C1. The maximum absolute atomic E-state index is 12.7. The third-order valence-electron chi connectivity index (χ3n) is 5.29. The first-order chi connectivity index (χ1) is 14.9. The molecule has 10 heteroatoms.